The molecular formula is C22H17Cl4N3O3S. The molecule has 0 fully saturated rings. The third-order valence-corrected chi connectivity index (χ3v) is 7.14. The van der Waals surface area contributed by atoms with Gasteiger partial charge in [-0.05, 0) is 47.5 Å². The fraction of sp³-hybridized carbons (Fsp3) is 0.0909. The second kappa shape index (κ2) is 10.8. The van der Waals surface area contributed by atoms with Gasteiger partial charge in [-0.25, -0.2) is 13.8 Å². The number of benzene rings is 3. The first-order valence-electron chi connectivity index (χ1n) is 9.35. The van der Waals surface area contributed by atoms with Crippen LogP contribution in [0.1, 0.15) is 21.5 Å². The Bertz CT molecular complexity index is 1310. The lowest BCUT2D eigenvalue weighted by atomic mass is 10.1. The van der Waals surface area contributed by atoms with Crippen molar-refractivity contribution in [3.05, 3.63) is 97.4 Å². The molecule has 11 heteroatoms. The summed E-state index contributed by atoms with van der Waals surface area (Å²) in [5, 5.41) is 5.09. The number of nitrogens with one attached hydrogen (secondary N) is 1. The second-order valence-corrected chi connectivity index (χ2v) is 10.4. The maximum absolute atomic E-state index is 12.4. The number of anilines is 1. The number of carbonyl (C=O) groups is 1. The van der Waals surface area contributed by atoms with Crippen LogP contribution >= 0.6 is 46.4 Å². The van der Waals surface area contributed by atoms with E-state index in [4.69, 9.17) is 46.4 Å². The molecule has 3 aromatic carbocycles. The third-order valence-electron chi connectivity index (χ3n) is 4.47. The van der Waals surface area contributed by atoms with Crippen molar-refractivity contribution in [2.75, 3.05) is 10.6 Å². The van der Waals surface area contributed by atoms with Crippen molar-refractivity contribution in [3.8, 4) is 0 Å². The number of rotatable bonds is 7. The fourth-order valence-corrected chi connectivity index (χ4v) is 4.46. The number of sulfonamides is 1. The summed E-state index contributed by atoms with van der Waals surface area (Å²) in [7, 11) is -3.65. The van der Waals surface area contributed by atoms with Crippen molar-refractivity contribution >= 4 is 74.2 Å². The molecule has 0 unspecified atom stereocenters. The maximum atomic E-state index is 12.4. The van der Waals surface area contributed by atoms with Gasteiger partial charge in [-0.3, -0.25) is 9.10 Å². The molecule has 0 radical (unpaired) electrons. The van der Waals surface area contributed by atoms with Crippen LogP contribution in [0.15, 0.2) is 65.8 Å². The van der Waals surface area contributed by atoms with Gasteiger partial charge < -0.3 is 0 Å². The smallest absolute Gasteiger partial charge is 0.267 e. The molecule has 1 amide bonds. The van der Waals surface area contributed by atoms with Crippen molar-refractivity contribution in [1.82, 2.24) is 5.43 Å². The zero-order valence-electron chi connectivity index (χ0n) is 17.1. The SMILES string of the molecule is CS(=O)(=O)N(Cc1ccc(C(=O)N/N=C\c2ccc(Cl)c(Cl)c2)cc1)c1cccc(Cl)c1Cl. The Morgan fingerprint density at radius 3 is 2.30 bits per heavy atom. The van der Waals surface area contributed by atoms with Gasteiger partial charge in [0.1, 0.15) is 0 Å². The van der Waals surface area contributed by atoms with E-state index in [-0.39, 0.29) is 22.3 Å². The minimum Gasteiger partial charge on any atom is -0.267 e. The van der Waals surface area contributed by atoms with Gasteiger partial charge >= 0.3 is 0 Å². The summed E-state index contributed by atoms with van der Waals surface area (Å²) in [6.07, 6.45) is 2.52. The number of hydrogen-bond donors (Lipinski definition) is 1. The molecule has 0 aliphatic rings. The summed E-state index contributed by atoms with van der Waals surface area (Å²) in [5.74, 6) is -0.435. The van der Waals surface area contributed by atoms with E-state index >= 15 is 0 Å². The van der Waals surface area contributed by atoms with E-state index in [2.05, 4.69) is 10.5 Å². The minimum absolute atomic E-state index is 0.0102. The van der Waals surface area contributed by atoms with Crippen LogP contribution in [-0.2, 0) is 16.6 Å². The molecule has 0 aromatic heterocycles. The molecule has 0 aliphatic carbocycles. The molecule has 0 atom stereocenters. The Kier molecular flexibility index (Phi) is 8.26. The molecular weight excluding hydrogens is 528 g/mol. The van der Waals surface area contributed by atoms with E-state index in [0.29, 0.717) is 26.7 Å². The summed E-state index contributed by atoms with van der Waals surface area (Å²) in [6.45, 7) is 0.0102. The summed E-state index contributed by atoms with van der Waals surface area (Å²) >= 11 is 24.1. The van der Waals surface area contributed by atoms with Crippen LogP contribution in [-0.4, -0.2) is 26.8 Å². The molecule has 3 aromatic rings. The van der Waals surface area contributed by atoms with Crippen LogP contribution in [0.25, 0.3) is 0 Å². The van der Waals surface area contributed by atoms with Crippen molar-refractivity contribution in [2.24, 2.45) is 5.10 Å². The highest BCUT2D eigenvalue weighted by atomic mass is 35.5. The molecule has 0 bridgehead atoms. The van der Waals surface area contributed by atoms with E-state index in [1.54, 1.807) is 60.7 Å². The minimum atomic E-state index is -3.65. The van der Waals surface area contributed by atoms with Crippen molar-refractivity contribution in [1.29, 1.82) is 0 Å². The molecule has 172 valence electrons. The summed E-state index contributed by atoms with van der Waals surface area (Å²) in [6, 6.07) is 16.2. The zero-order chi connectivity index (χ0) is 24.2. The van der Waals surface area contributed by atoms with Crippen LogP contribution in [0.3, 0.4) is 0 Å². The van der Waals surface area contributed by atoms with Gasteiger partial charge in [0, 0.05) is 5.56 Å². The van der Waals surface area contributed by atoms with Crippen LogP contribution < -0.4 is 9.73 Å². The Labute approximate surface area is 211 Å². The first kappa shape index (κ1) is 25.3. The van der Waals surface area contributed by atoms with Gasteiger partial charge in [-0.2, -0.15) is 5.10 Å². The molecule has 33 heavy (non-hydrogen) atoms. The maximum Gasteiger partial charge on any atom is 0.271 e. The quantitative estimate of drug-likeness (QED) is 0.291. The number of carbonyl (C=O) groups excluding carboxylic acids is 1. The molecule has 6 nitrogen and oxygen atoms in total. The van der Waals surface area contributed by atoms with Crippen LogP contribution in [0.2, 0.25) is 20.1 Å². The normalized spacial score (nSPS) is 11.5. The van der Waals surface area contributed by atoms with Crippen molar-refractivity contribution < 1.29 is 13.2 Å². The first-order valence-corrected chi connectivity index (χ1v) is 12.7. The Hall–Kier alpha value is -2.29. The summed E-state index contributed by atoms with van der Waals surface area (Å²) in [4.78, 5) is 12.3. The topological polar surface area (TPSA) is 78.8 Å². The van der Waals surface area contributed by atoms with Gasteiger partial charge in [-0.15, -0.1) is 0 Å². The second-order valence-electron chi connectivity index (χ2n) is 6.91. The van der Waals surface area contributed by atoms with E-state index in [1.165, 1.54) is 6.21 Å². The largest absolute Gasteiger partial charge is 0.271 e. The van der Waals surface area contributed by atoms with Gasteiger partial charge in [0.25, 0.3) is 5.91 Å². The lowest BCUT2D eigenvalue weighted by molar-refractivity contribution is 0.0955. The highest BCUT2D eigenvalue weighted by Gasteiger charge is 2.21. The Balaban J connectivity index is 1.71. The Morgan fingerprint density at radius 1 is 0.970 bits per heavy atom. The molecule has 0 heterocycles. The highest BCUT2D eigenvalue weighted by molar-refractivity contribution is 7.92. The highest BCUT2D eigenvalue weighted by Crippen LogP contribution is 2.34. The summed E-state index contributed by atoms with van der Waals surface area (Å²) < 4.78 is 25.9. The van der Waals surface area contributed by atoms with E-state index in [0.717, 1.165) is 10.6 Å². The number of hydrogen-bond acceptors (Lipinski definition) is 4. The molecule has 1 N–H and O–H groups in total. The molecule has 0 saturated heterocycles. The van der Waals surface area contributed by atoms with Gasteiger partial charge in [-0.1, -0.05) is 70.7 Å². The number of nitrogens with zero attached hydrogens (tertiary/aromatic N) is 2. The first-order chi connectivity index (χ1) is 15.6. The standard InChI is InChI=1S/C22H17Cl4N3O3S/c1-33(31,32)29(20-4-2-3-18(24)21(20)26)13-14-5-8-16(9-6-14)22(30)28-27-12-15-7-10-17(23)19(25)11-15/h2-12H,13H2,1H3,(H,28,30)/b27-12-. The average molecular weight is 545 g/mol. The molecule has 0 aliphatic heterocycles. The predicted octanol–water partition coefficient (Wildman–Crippen LogP) is 6.03. The number of halogens is 4. The lowest BCUT2D eigenvalue weighted by Crippen LogP contribution is -2.29. The third kappa shape index (κ3) is 6.62. The number of amides is 1. The number of hydrazone groups is 1. The average Bonchev–Trinajstić information content (AvgIpc) is 2.76. The van der Waals surface area contributed by atoms with Gasteiger partial charge in [0.05, 0.1) is 44.8 Å². The van der Waals surface area contributed by atoms with E-state index in [1.807, 2.05) is 0 Å². The lowest BCUT2D eigenvalue weighted by Gasteiger charge is -2.24. The monoisotopic (exact) mass is 543 g/mol. The summed E-state index contributed by atoms with van der Waals surface area (Å²) in [5.41, 5.74) is 4.35. The van der Waals surface area contributed by atoms with Gasteiger partial charge in [0.2, 0.25) is 10.0 Å². The Morgan fingerprint density at radius 2 is 1.67 bits per heavy atom. The zero-order valence-corrected chi connectivity index (χ0v) is 20.9. The van der Waals surface area contributed by atoms with Crippen LogP contribution in [0.5, 0.6) is 0 Å². The van der Waals surface area contributed by atoms with E-state index < -0.39 is 15.9 Å². The van der Waals surface area contributed by atoms with Crippen molar-refractivity contribution in [3.63, 3.8) is 0 Å². The molecule has 3 rings (SSSR count). The molecule has 0 spiro atoms. The van der Waals surface area contributed by atoms with Gasteiger partial charge in [0.15, 0.2) is 0 Å². The van der Waals surface area contributed by atoms with Crippen LogP contribution in [0, 0.1) is 0 Å². The predicted molar refractivity (Wildman–Crippen MR) is 135 cm³/mol. The van der Waals surface area contributed by atoms with Crippen molar-refractivity contribution in [2.45, 2.75) is 6.54 Å². The molecule has 0 saturated carbocycles. The van der Waals surface area contributed by atoms with E-state index in [9.17, 15) is 13.2 Å². The van der Waals surface area contributed by atoms with Crippen LogP contribution in [0.4, 0.5) is 5.69 Å². The fourth-order valence-electron chi connectivity index (χ4n) is 2.82.